The zero-order chi connectivity index (χ0) is 15.4. The minimum atomic E-state index is -3.81. The standard InChI is InChI=1S/C13H15FN2O4S/c1-8-4-11(14)12(16(17)18)6-13(8)21(19,20)15-7-9-2-3-10(15)5-9/h4,6,9-10H,2-3,5,7H2,1H3. The van der Waals surface area contributed by atoms with Gasteiger partial charge in [0.05, 0.1) is 9.82 Å². The normalized spacial score (nSPS) is 25.4. The minimum absolute atomic E-state index is 0.0245. The number of hydrogen-bond donors (Lipinski definition) is 0. The first kappa shape index (κ1) is 14.4. The largest absolute Gasteiger partial charge is 0.306 e. The summed E-state index contributed by atoms with van der Waals surface area (Å²) in [6.07, 6.45) is 2.70. The van der Waals surface area contributed by atoms with Gasteiger partial charge in [0.25, 0.3) is 0 Å². The van der Waals surface area contributed by atoms with Crippen LogP contribution >= 0.6 is 0 Å². The van der Waals surface area contributed by atoms with Crippen LogP contribution < -0.4 is 0 Å². The van der Waals surface area contributed by atoms with Gasteiger partial charge < -0.3 is 0 Å². The number of piperidine rings is 1. The molecule has 0 N–H and O–H groups in total. The van der Waals surface area contributed by atoms with Gasteiger partial charge in [0.2, 0.25) is 15.8 Å². The molecule has 0 aromatic heterocycles. The molecule has 1 aliphatic heterocycles. The maximum atomic E-state index is 13.5. The number of rotatable bonds is 3. The van der Waals surface area contributed by atoms with Gasteiger partial charge in [-0.3, -0.25) is 10.1 Å². The van der Waals surface area contributed by atoms with Crippen LogP contribution in [0.25, 0.3) is 0 Å². The molecule has 0 amide bonds. The Bertz CT molecular complexity index is 719. The van der Waals surface area contributed by atoms with E-state index < -0.39 is 26.5 Å². The second kappa shape index (κ2) is 4.74. The summed E-state index contributed by atoms with van der Waals surface area (Å²) in [4.78, 5) is 9.76. The third kappa shape index (κ3) is 2.22. The first-order valence-corrected chi connectivity index (χ1v) is 8.21. The van der Waals surface area contributed by atoms with E-state index >= 15 is 0 Å². The zero-order valence-electron chi connectivity index (χ0n) is 11.5. The Kier molecular flexibility index (Phi) is 3.25. The highest BCUT2D eigenvalue weighted by Gasteiger charge is 2.45. The van der Waals surface area contributed by atoms with Gasteiger partial charge in [0.1, 0.15) is 0 Å². The van der Waals surface area contributed by atoms with Crippen molar-refractivity contribution in [3.8, 4) is 0 Å². The number of benzene rings is 1. The van der Waals surface area contributed by atoms with Crippen molar-refractivity contribution < 1.29 is 17.7 Å². The van der Waals surface area contributed by atoms with Gasteiger partial charge in [-0.2, -0.15) is 8.70 Å². The molecule has 1 aliphatic carbocycles. The molecule has 1 aromatic rings. The summed E-state index contributed by atoms with van der Waals surface area (Å²) in [6.45, 7) is 1.91. The van der Waals surface area contributed by atoms with Crippen LogP contribution in [0.2, 0.25) is 0 Å². The van der Waals surface area contributed by atoms with E-state index in [9.17, 15) is 22.9 Å². The predicted molar refractivity (Wildman–Crippen MR) is 72.8 cm³/mol. The van der Waals surface area contributed by atoms with E-state index in [0.29, 0.717) is 12.5 Å². The van der Waals surface area contributed by atoms with Gasteiger partial charge >= 0.3 is 5.69 Å². The molecule has 114 valence electrons. The molecule has 1 aromatic carbocycles. The van der Waals surface area contributed by atoms with Gasteiger partial charge in [-0.05, 0) is 43.7 Å². The molecule has 6 nitrogen and oxygen atoms in total. The molecule has 21 heavy (non-hydrogen) atoms. The summed E-state index contributed by atoms with van der Waals surface area (Å²) >= 11 is 0. The minimum Gasteiger partial charge on any atom is -0.258 e. The highest BCUT2D eigenvalue weighted by Crippen LogP contribution is 2.41. The summed E-state index contributed by atoms with van der Waals surface area (Å²) in [5.74, 6) is -0.639. The Labute approximate surface area is 121 Å². The molecule has 1 heterocycles. The first-order valence-electron chi connectivity index (χ1n) is 6.77. The lowest BCUT2D eigenvalue weighted by molar-refractivity contribution is -0.387. The van der Waals surface area contributed by atoms with Gasteiger partial charge in [-0.15, -0.1) is 0 Å². The number of nitrogens with zero attached hydrogens (tertiary/aromatic N) is 2. The fraction of sp³-hybridized carbons (Fsp3) is 0.538. The lowest BCUT2D eigenvalue weighted by atomic mass is 10.1. The predicted octanol–water partition coefficient (Wildman–Crippen LogP) is 2.22. The Hall–Kier alpha value is -1.54. The Balaban J connectivity index is 2.07. The fourth-order valence-corrected chi connectivity index (χ4v) is 5.33. The van der Waals surface area contributed by atoms with Crippen molar-refractivity contribution >= 4 is 15.7 Å². The maximum Gasteiger partial charge on any atom is 0.306 e. The van der Waals surface area contributed by atoms with Crippen LogP contribution in [-0.2, 0) is 10.0 Å². The Morgan fingerprint density at radius 3 is 2.62 bits per heavy atom. The van der Waals surface area contributed by atoms with Gasteiger partial charge in [0.15, 0.2) is 0 Å². The summed E-state index contributed by atoms with van der Waals surface area (Å²) in [5.41, 5.74) is -0.607. The van der Waals surface area contributed by atoms with Gasteiger partial charge in [-0.25, -0.2) is 8.42 Å². The average Bonchev–Trinajstić information content (AvgIpc) is 3.00. The van der Waals surface area contributed by atoms with Crippen LogP contribution in [0.15, 0.2) is 17.0 Å². The summed E-state index contributed by atoms with van der Waals surface area (Å²) in [5, 5.41) is 10.8. The van der Waals surface area contributed by atoms with E-state index in [4.69, 9.17) is 0 Å². The second-order valence-electron chi connectivity index (χ2n) is 5.73. The summed E-state index contributed by atoms with van der Waals surface area (Å²) < 4.78 is 40.4. The molecule has 2 unspecified atom stereocenters. The molecule has 2 bridgehead atoms. The van der Waals surface area contributed by atoms with E-state index in [1.807, 2.05) is 0 Å². The highest BCUT2D eigenvalue weighted by molar-refractivity contribution is 7.89. The second-order valence-corrected chi connectivity index (χ2v) is 7.59. The van der Waals surface area contributed by atoms with Gasteiger partial charge in [0, 0.05) is 18.7 Å². The van der Waals surface area contributed by atoms with Crippen LogP contribution in [0.3, 0.4) is 0 Å². The van der Waals surface area contributed by atoms with E-state index in [-0.39, 0.29) is 16.5 Å². The maximum absolute atomic E-state index is 13.5. The SMILES string of the molecule is Cc1cc(F)c([N+](=O)[O-])cc1S(=O)(=O)N1CC2CCC1C2. The number of nitro groups is 1. The van der Waals surface area contributed by atoms with Crippen LogP contribution in [-0.4, -0.2) is 30.2 Å². The molecule has 3 rings (SSSR count). The van der Waals surface area contributed by atoms with Crippen LogP contribution in [0.1, 0.15) is 24.8 Å². The molecule has 1 saturated heterocycles. The summed E-state index contributed by atoms with van der Waals surface area (Å²) in [7, 11) is -3.81. The van der Waals surface area contributed by atoms with Crippen LogP contribution in [0.5, 0.6) is 0 Å². The van der Waals surface area contributed by atoms with Crippen molar-refractivity contribution in [3.63, 3.8) is 0 Å². The van der Waals surface area contributed by atoms with Crippen molar-refractivity contribution in [2.24, 2.45) is 5.92 Å². The number of sulfonamides is 1. The van der Waals surface area contributed by atoms with Crippen molar-refractivity contribution in [2.75, 3.05) is 6.54 Å². The van der Waals surface area contributed by atoms with Gasteiger partial charge in [-0.1, -0.05) is 0 Å². The number of halogens is 1. The zero-order valence-corrected chi connectivity index (χ0v) is 12.3. The third-order valence-corrected chi connectivity index (χ3v) is 6.45. The Morgan fingerprint density at radius 1 is 1.38 bits per heavy atom. The van der Waals surface area contributed by atoms with E-state index in [1.165, 1.54) is 11.2 Å². The topological polar surface area (TPSA) is 80.5 Å². The average molecular weight is 314 g/mol. The van der Waals surface area contributed by atoms with Crippen molar-refractivity contribution in [1.82, 2.24) is 4.31 Å². The van der Waals surface area contributed by atoms with Crippen LogP contribution in [0, 0.1) is 28.8 Å². The highest BCUT2D eigenvalue weighted by atomic mass is 32.2. The molecule has 0 spiro atoms. The molecule has 2 fully saturated rings. The number of nitro benzene ring substituents is 1. The smallest absolute Gasteiger partial charge is 0.258 e. The van der Waals surface area contributed by atoms with E-state index in [2.05, 4.69) is 0 Å². The lowest BCUT2D eigenvalue weighted by Gasteiger charge is -2.26. The molecular weight excluding hydrogens is 299 g/mol. The summed E-state index contributed by atoms with van der Waals surface area (Å²) in [6, 6.07) is 1.73. The number of hydrogen-bond acceptors (Lipinski definition) is 4. The van der Waals surface area contributed by atoms with E-state index in [0.717, 1.165) is 31.4 Å². The van der Waals surface area contributed by atoms with E-state index in [1.54, 1.807) is 0 Å². The molecule has 8 heteroatoms. The number of aryl methyl sites for hydroxylation is 1. The van der Waals surface area contributed by atoms with Crippen molar-refractivity contribution in [1.29, 1.82) is 0 Å². The lowest BCUT2D eigenvalue weighted by Crippen LogP contribution is -2.37. The van der Waals surface area contributed by atoms with Crippen LogP contribution in [0.4, 0.5) is 10.1 Å². The monoisotopic (exact) mass is 314 g/mol. The molecular formula is C13H15FN2O4S. The Morgan fingerprint density at radius 2 is 2.10 bits per heavy atom. The quantitative estimate of drug-likeness (QED) is 0.633. The fourth-order valence-electron chi connectivity index (χ4n) is 3.36. The first-order chi connectivity index (χ1) is 9.80. The van der Waals surface area contributed by atoms with Crippen molar-refractivity contribution in [3.05, 3.63) is 33.6 Å². The molecule has 1 saturated carbocycles. The molecule has 0 radical (unpaired) electrons. The number of fused-ring (bicyclic) bond motifs is 2. The molecule has 2 atom stereocenters. The third-order valence-electron chi connectivity index (χ3n) is 4.39. The van der Waals surface area contributed by atoms with Crippen molar-refractivity contribution in [2.45, 2.75) is 37.1 Å². The molecule has 2 aliphatic rings.